The van der Waals surface area contributed by atoms with E-state index in [1.54, 1.807) is 24.3 Å². The maximum Gasteiger partial charge on any atom is 0.312 e. The van der Waals surface area contributed by atoms with Crippen LogP contribution in [0.15, 0.2) is 48.5 Å². The molecule has 4 N–H and O–H groups in total. The molecule has 0 unspecified atom stereocenters. The molecule has 0 saturated carbocycles. The number of nitrogens with one attached hydrogen (secondary N) is 2. The van der Waals surface area contributed by atoms with Crippen LogP contribution in [0.2, 0.25) is 0 Å². The number of nitrogens with two attached hydrogens (primary N) is 1. The number of hydrogen-bond donors (Lipinski definition) is 3. The standard InChI is InChI=1S/C21H27N3O4/c1-4-14(3)19(24-21(22)26)20(25)23-15-6-8-17(9-7-15)28-18-12-10-16(11-13-18)27-5-2/h6-14,19H,4-5H2,1-3H3,(H,23,25)(H3,22,24,26)/t14-,19+/m0/s1. The van der Waals surface area contributed by atoms with E-state index in [4.69, 9.17) is 15.2 Å². The Morgan fingerprint density at radius 2 is 1.50 bits per heavy atom. The molecule has 0 fully saturated rings. The molecule has 28 heavy (non-hydrogen) atoms. The van der Waals surface area contributed by atoms with Gasteiger partial charge in [0, 0.05) is 5.69 Å². The summed E-state index contributed by atoms with van der Waals surface area (Å²) in [5.41, 5.74) is 5.78. The molecule has 0 spiro atoms. The molecule has 0 radical (unpaired) electrons. The van der Waals surface area contributed by atoms with Gasteiger partial charge < -0.3 is 25.8 Å². The Bertz CT molecular complexity index is 775. The lowest BCUT2D eigenvalue weighted by atomic mass is 9.98. The maximum atomic E-state index is 12.5. The number of ether oxygens (including phenoxy) is 2. The van der Waals surface area contributed by atoms with Gasteiger partial charge in [0.1, 0.15) is 23.3 Å². The lowest BCUT2D eigenvalue weighted by Gasteiger charge is -2.22. The fourth-order valence-electron chi connectivity index (χ4n) is 2.59. The van der Waals surface area contributed by atoms with E-state index in [1.807, 2.05) is 45.0 Å². The van der Waals surface area contributed by atoms with Crippen molar-refractivity contribution in [1.29, 1.82) is 0 Å². The highest BCUT2D eigenvalue weighted by atomic mass is 16.5. The Kier molecular flexibility index (Phi) is 7.68. The van der Waals surface area contributed by atoms with Crippen molar-refractivity contribution in [3.8, 4) is 17.2 Å². The number of amides is 3. The topological polar surface area (TPSA) is 103 Å². The molecule has 0 aliphatic carbocycles. The van der Waals surface area contributed by atoms with E-state index in [0.29, 0.717) is 23.8 Å². The van der Waals surface area contributed by atoms with Gasteiger partial charge in [0.05, 0.1) is 6.61 Å². The number of rotatable bonds is 9. The number of anilines is 1. The van der Waals surface area contributed by atoms with Crippen LogP contribution in [-0.4, -0.2) is 24.6 Å². The summed E-state index contributed by atoms with van der Waals surface area (Å²) in [7, 11) is 0. The molecule has 7 nitrogen and oxygen atoms in total. The summed E-state index contributed by atoms with van der Waals surface area (Å²) in [5, 5.41) is 5.29. The number of benzene rings is 2. The van der Waals surface area contributed by atoms with Gasteiger partial charge in [-0.25, -0.2) is 4.79 Å². The fraction of sp³-hybridized carbons (Fsp3) is 0.333. The Labute approximate surface area is 165 Å². The van der Waals surface area contributed by atoms with Crippen LogP contribution in [0.3, 0.4) is 0 Å². The zero-order valence-electron chi connectivity index (χ0n) is 16.4. The minimum Gasteiger partial charge on any atom is -0.494 e. The summed E-state index contributed by atoms with van der Waals surface area (Å²) in [5.74, 6) is 1.75. The van der Waals surface area contributed by atoms with Crippen molar-refractivity contribution in [3.05, 3.63) is 48.5 Å². The van der Waals surface area contributed by atoms with E-state index in [2.05, 4.69) is 10.6 Å². The third-order valence-electron chi connectivity index (χ3n) is 4.29. The lowest BCUT2D eigenvalue weighted by molar-refractivity contribution is -0.119. The summed E-state index contributed by atoms with van der Waals surface area (Å²) in [6.07, 6.45) is 0.729. The Balaban J connectivity index is 1.99. The average molecular weight is 385 g/mol. The second-order valence-electron chi connectivity index (χ2n) is 6.39. The highest BCUT2D eigenvalue weighted by Gasteiger charge is 2.25. The molecular formula is C21H27N3O4. The van der Waals surface area contributed by atoms with Gasteiger partial charge in [0.25, 0.3) is 0 Å². The van der Waals surface area contributed by atoms with Crippen molar-refractivity contribution < 1.29 is 19.1 Å². The Morgan fingerprint density at radius 1 is 0.964 bits per heavy atom. The first-order chi connectivity index (χ1) is 13.4. The van der Waals surface area contributed by atoms with Crippen LogP contribution in [0.5, 0.6) is 17.2 Å². The second kappa shape index (κ2) is 10.2. The third kappa shape index (κ3) is 6.19. The first-order valence-corrected chi connectivity index (χ1v) is 9.30. The first-order valence-electron chi connectivity index (χ1n) is 9.30. The number of urea groups is 1. The molecule has 2 aromatic rings. The molecule has 0 heterocycles. The number of primary amides is 1. The van der Waals surface area contributed by atoms with Crippen molar-refractivity contribution in [2.45, 2.75) is 33.2 Å². The van der Waals surface area contributed by atoms with Gasteiger partial charge in [0.15, 0.2) is 0 Å². The predicted molar refractivity (Wildman–Crippen MR) is 109 cm³/mol. The maximum absolute atomic E-state index is 12.5. The van der Waals surface area contributed by atoms with Gasteiger partial charge in [-0.2, -0.15) is 0 Å². The van der Waals surface area contributed by atoms with Crippen LogP contribution in [0.25, 0.3) is 0 Å². The van der Waals surface area contributed by atoms with Crippen molar-refractivity contribution in [2.75, 3.05) is 11.9 Å². The van der Waals surface area contributed by atoms with Crippen LogP contribution >= 0.6 is 0 Å². The van der Waals surface area contributed by atoms with Gasteiger partial charge in [-0.1, -0.05) is 20.3 Å². The Morgan fingerprint density at radius 3 is 2.00 bits per heavy atom. The van der Waals surface area contributed by atoms with E-state index in [9.17, 15) is 9.59 Å². The van der Waals surface area contributed by atoms with E-state index in [0.717, 1.165) is 12.2 Å². The molecule has 0 aromatic heterocycles. The summed E-state index contributed by atoms with van der Waals surface area (Å²) in [6.45, 7) is 6.37. The minimum atomic E-state index is -0.723. The molecule has 0 saturated heterocycles. The van der Waals surface area contributed by atoms with E-state index in [1.165, 1.54) is 0 Å². The molecule has 3 amide bonds. The minimum absolute atomic E-state index is 0.0465. The van der Waals surface area contributed by atoms with Crippen LogP contribution in [0.4, 0.5) is 10.5 Å². The van der Waals surface area contributed by atoms with Gasteiger partial charge in [-0.3, -0.25) is 4.79 Å². The van der Waals surface area contributed by atoms with Crippen molar-refractivity contribution in [2.24, 2.45) is 11.7 Å². The summed E-state index contributed by atoms with van der Waals surface area (Å²) >= 11 is 0. The van der Waals surface area contributed by atoms with Crippen LogP contribution in [-0.2, 0) is 4.79 Å². The molecule has 0 aliphatic heterocycles. The van der Waals surface area contributed by atoms with Crippen molar-refractivity contribution in [1.82, 2.24) is 5.32 Å². The monoisotopic (exact) mass is 385 g/mol. The lowest BCUT2D eigenvalue weighted by Crippen LogP contribution is -2.49. The molecule has 0 bridgehead atoms. The quantitative estimate of drug-likeness (QED) is 0.609. The second-order valence-corrected chi connectivity index (χ2v) is 6.39. The van der Waals surface area contributed by atoms with Crippen molar-refractivity contribution in [3.63, 3.8) is 0 Å². The van der Waals surface area contributed by atoms with Gasteiger partial charge >= 0.3 is 6.03 Å². The molecule has 150 valence electrons. The highest BCUT2D eigenvalue weighted by Crippen LogP contribution is 2.25. The number of hydrogen-bond acceptors (Lipinski definition) is 4. The fourth-order valence-corrected chi connectivity index (χ4v) is 2.59. The molecular weight excluding hydrogens is 358 g/mol. The SMILES string of the molecule is CCOc1ccc(Oc2ccc(NC(=O)[C@H](NC(N)=O)[C@@H](C)CC)cc2)cc1. The highest BCUT2D eigenvalue weighted by molar-refractivity contribution is 5.97. The van der Waals surface area contributed by atoms with E-state index < -0.39 is 12.1 Å². The first kappa shape index (κ1) is 21.1. The number of carbonyl (C=O) groups excluding carboxylic acids is 2. The largest absolute Gasteiger partial charge is 0.494 e. The van der Waals surface area contributed by atoms with E-state index >= 15 is 0 Å². The summed E-state index contributed by atoms with van der Waals surface area (Å²) < 4.78 is 11.2. The molecule has 2 atom stereocenters. The zero-order valence-corrected chi connectivity index (χ0v) is 16.4. The molecule has 0 aliphatic rings. The molecule has 2 rings (SSSR count). The van der Waals surface area contributed by atoms with Crippen LogP contribution < -0.4 is 25.8 Å². The average Bonchev–Trinajstić information content (AvgIpc) is 2.68. The summed E-state index contributed by atoms with van der Waals surface area (Å²) in [4.78, 5) is 23.7. The Hall–Kier alpha value is -3.22. The zero-order chi connectivity index (χ0) is 20.5. The third-order valence-corrected chi connectivity index (χ3v) is 4.29. The predicted octanol–water partition coefficient (Wildman–Crippen LogP) is 3.90. The van der Waals surface area contributed by atoms with Gasteiger partial charge in [-0.15, -0.1) is 0 Å². The normalized spacial score (nSPS) is 12.5. The van der Waals surface area contributed by atoms with Gasteiger partial charge in [-0.05, 0) is 61.4 Å². The van der Waals surface area contributed by atoms with Crippen LogP contribution in [0.1, 0.15) is 27.2 Å². The van der Waals surface area contributed by atoms with Crippen molar-refractivity contribution >= 4 is 17.6 Å². The molecule has 7 heteroatoms. The summed E-state index contributed by atoms with van der Waals surface area (Å²) in [6, 6.07) is 12.9. The van der Waals surface area contributed by atoms with Gasteiger partial charge in [0.2, 0.25) is 5.91 Å². The van der Waals surface area contributed by atoms with Crippen LogP contribution in [0, 0.1) is 5.92 Å². The number of carbonyl (C=O) groups is 2. The smallest absolute Gasteiger partial charge is 0.312 e. The molecule has 2 aromatic carbocycles. The van der Waals surface area contributed by atoms with E-state index in [-0.39, 0.29) is 11.8 Å².